The van der Waals surface area contributed by atoms with Gasteiger partial charge in [0.25, 0.3) is 5.91 Å². The fraction of sp³-hybridized carbons (Fsp3) is 0.296. The van der Waals surface area contributed by atoms with Crippen LogP contribution in [0.25, 0.3) is 5.70 Å². The molecule has 7 nitrogen and oxygen atoms in total. The second kappa shape index (κ2) is 11.2. The Bertz CT molecular complexity index is 1450. The molecule has 1 amide bonds. The SMILES string of the molecule is O=C(c1ccc(C2=CC(C(F)(F)F)NN2c2ccccc2Cl)cc1)N1CCCN(c2nccc(C(F)(F)F)n2)CC1. The lowest BCUT2D eigenvalue weighted by Crippen LogP contribution is -2.44. The van der Waals surface area contributed by atoms with Gasteiger partial charge in [0.05, 0.1) is 16.4 Å². The van der Waals surface area contributed by atoms with Crippen molar-refractivity contribution >= 4 is 34.8 Å². The first-order valence-electron chi connectivity index (χ1n) is 12.6. The maximum atomic E-state index is 13.6. The molecular weight excluding hydrogens is 574 g/mol. The molecule has 3 heterocycles. The minimum atomic E-state index is -4.60. The summed E-state index contributed by atoms with van der Waals surface area (Å²) < 4.78 is 79.9. The highest BCUT2D eigenvalue weighted by Gasteiger charge is 2.44. The monoisotopic (exact) mass is 596 g/mol. The second-order valence-electron chi connectivity index (χ2n) is 9.44. The van der Waals surface area contributed by atoms with E-state index in [1.165, 1.54) is 17.1 Å². The average molecular weight is 597 g/mol. The molecule has 0 radical (unpaired) electrons. The van der Waals surface area contributed by atoms with Gasteiger partial charge in [0.15, 0.2) is 0 Å². The van der Waals surface area contributed by atoms with Crippen LogP contribution < -0.4 is 15.3 Å². The summed E-state index contributed by atoms with van der Waals surface area (Å²) in [6.45, 7) is 1.18. The van der Waals surface area contributed by atoms with Crippen molar-refractivity contribution in [1.82, 2.24) is 20.3 Å². The van der Waals surface area contributed by atoms with Crippen LogP contribution in [-0.4, -0.2) is 59.2 Å². The molecule has 0 bridgehead atoms. The largest absolute Gasteiger partial charge is 0.433 e. The fourth-order valence-corrected chi connectivity index (χ4v) is 4.87. The van der Waals surface area contributed by atoms with Crippen LogP contribution in [0.3, 0.4) is 0 Å². The number of hydrogen-bond acceptors (Lipinski definition) is 6. The van der Waals surface area contributed by atoms with Crippen molar-refractivity contribution in [3.8, 4) is 0 Å². The summed E-state index contributed by atoms with van der Waals surface area (Å²) in [7, 11) is 0. The number of alkyl halides is 6. The zero-order valence-corrected chi connectivity index (χ0v) is 22.0. The Kier molecular flexibility index (Phi) is 7.84. The van der Waals surface area contributed by atoms with Crippen molar-refractivity contribution in [3.05, 3.63) is 88.7 Å². The zero-order chi connectivity index (χ0) is 29.4. The van der Waals surface area contributed by atoms with E-state index in [0.29, 0.717) is 36.3 Å². The van der Waals surface area contributed by atoms with E-state index in [1.807, 2.05) is 0 Å². The molecule has 1 N–H and O–H groups in total. The lowest BCUT2D eigenvalue weighted by atomic mass is 10.1. The van der Waals surface area contributed by atoms with Gasteiger partial charge < -0.3 is 9.80 Å². The van der Waals surface area contributed by atoms with Gasteiger partial charge >= 0.3 is 12.4 Å². The number of para-hydroxylation sites is 1. The van der Waals surface area contributed by atoms with Crippen LogP contribution in [0.4, 0.5) is 38.0 Å². The smallest absolute Gasteiger partial charge is 0.339 e. The van der Waals surface area contributed by atoms with Gasteiger partial charge in [-0.3, -0.25) is 9.80 Å². The van der Waals surface area contributed by atoms with Crippen LogP contribution in [0, 0.1) is 0 Å². The lowest BCUT2D eigenvalue weighted by molar-refractivity contribution is -0.143. The Balaban J connectivity index is 1.31. The highest BCUT2D eigenvalue weighted by Crippen LogP contribution is 2.37. The number of halogens is 7. The normalized spacial score (nSPS) is 18.4. The molecule has 2 aliphatic heterocycles. The van der Waals surface area contributed by atoms with Gasteiger partial charge in [-0.05, 0) is 48.4 Å². The molecule has 3 aromatic rings. The van der Waals surface area contributed by atoms with Crippen molar-refractivity contribution in [1.29, 1.82) is 0 Å². The zero-order valence-electron chi connectivity index (χ0n) is 21.3. The number of rotatable bonds is 4. The number of nitrogens with zero attached hydrogens (tertiary/aromatic N) is 5. The number of carbonyl (C=O) groups excluding carboxylic acids is 1. The van der Waals surface area contributed by atoms with Gasteiger partial charge in [0.2, 0.25) is 5.95 Å². The number of amides is 1. The first kappa shape index (κ1) is 28.7. The van der Waals surface area contributed by atoms with E-state index in [4.69, 9.17) is 11.6 Å². The number of benzene rings is 2. The summed E-state index contributed by atoms with van der Waals surface area (Å²) in [4.78, 5) is 24.0. The van der Waals surface area contributed by atoms with Crippen molar-refractivity contribution in [2.24, 2.45) is 0 Å². The van der Waals surface area contributed by atoms with Crippen LogP contribution in [0.15, 0.2) is 66.9 Å². The summed E-state index contributed by atoms with van der Waals surface area (Å²) in [5.41, 5.74) is 2.72. The van der Waals surface area contributed by atoms with E-state index >= 15 is 0 Å². The Morgan fingerprint density at radius 3 is 2.34 bits per heavy atom. The third-order valence-electron chi connectivity index (χ3n) is 6.71. The number of hydrazine groups is 1. The molecule has 1 unspecified atom stereocenters. The van der Waals surface area contributed by atoms with Gasteiger partial charge in [0, 0.05) is 37.9 Å². The Morgan fingerprint density at radius 1 is 0.927 bits per heavy atom. The number of nitrogens with one attached hydrogen (secondary N) is 1. The maximum absolute atomic E-state index is 13.6. The summed E-state index contributed by atoms with van der Waals surface area (Å²) in [5.74, 6) is -0.366. The Labute approximate surface area is 236 Å². The van der Waals surface area contributed by atoms with Gasteiger partial charge in [0.1, 0.15) is 11.7 Å². The number of carbonyl (C=O) groups is 1. The molecule has 2 aromatic carbocycles. The number of anilines is 2. The topological polar surface area (TPSA) is 64.6 Å². The molecule has 41 heavy (non-hydrogen) atoms. The molecule has 1 saturated heterocycles. The minimum absolute atomic E-state index is 0.0582. The molecule has 2 aliphatic rings. The summed E-state index contributed by atoms with van der Waals surface area (Å²) in [6, 6.07) is 11.5. The van der Waals surface area contributed by atoms with Gasteiger partial charge in [-0.25, -0.2) is 15.4 Å². The summed E-state index contributed by atoms with van der Waals surface area (Å²) >= 11 is 6.26. The highest BCUT2D eigenvalue weighted by atomic mass is 35.5. The molecule has 0 aliphatic carbocycles. The predicted molar refractivity (Wildman–Crippen MR) is 141 cm³/mol. The van der Waals surface area contributed by atoms with Gasteiger partial charge in [-0.1, -0.05) is 35.9 Å². The molecule has 1 aromatic heterocycles. The first-order valence-corrected chi connectivity index (χ1v) is 12.9. The average Bonchev–Trinajstić information content (AvgIpc) is 3.25. The number of hydrogen-bond donors (Lipinski definition) is 1. The van der Waals surface area contributed by atoms with Crippen LogP contribution >= 0.6 is 11.6 Å². The van der Waals surface area contributed by atoms with E-state index in [2.05, 4.69) is 15.4 Å². The first-order chi connectivity index (χ1) is 19.4. The second-order valence-corrected chi connectivity index (χ2v) is 9.84. The summed E-state index contributed by atoms with van der Waals surface area (Å²) in [5, 5.41) is 1.53. The van der Waals surface area contributed by atoms with Crippen LogP contribution in [0.2, 0.25) is 5.02 Å². The molecule has 0 spiro atoms. The maximum Gasteiger partial charge on any atom is 0.433 e. The van der Waals surface area contributed by atoms with E-state index in [9.17, 15) is 31.1 Å². The Morgan fingerprint density at radius 2 is 1.66 bits per heavy atom. The van der Waals surface area contributed by atoms with E-state index < -0.39 is 24.1 Å². The Hall–Kier alpha value is -3.84. The molecule has 216 valence electrons. The van der Waals surface area contributed by atoms with Crippen LogP contribution in [0.1, 0.15) is 28.0 Å². The quantitative estimate of drug-likeness (QED) is 0.384. The standard InChI is InChI=1S/C27H23ClF6N6O/c28-19-4-1-2-5-20(19)40-21(16-23(37-40)27(32,33)34)17-6-8-18(9-7-17)24(41)38-12-3-13-39(15-14-38)25-35-11-10-22(36-25)26(29,30)31/h1-2,4-11,16,23,37H,3,12-15H2. The third-order valence-corrected chi connectivity index (χ3v) is 7.03. The minimum Gasteiger partial charge on any atom is -0.339 e. The summed E-state index contributed by atoms with van der Waals surface area (Å²) in [6.07, 6.45) is -6.55. The molecular formula is C27H23ClF6N6O. The molecule has 14 heteroatoms. The highest BCUT2D eigenvalue weighted by molar-refractivity contribution is 6.33. The molecule has 5 rings (SSSR count). The van der Waals surface area contributed by atoms with Gasteiger partial charge in [-0.2, -0.15) is 26.3 Å². The van der Waals surface area contributed by atoms with E-state index in [0.717, 1.165) is 18.3 Å². The van der Waals surface area contributed by atoms with Crippen molar-refractivity contribution in [3.63, 3.8) is 0 Å². The van der Waals surface area contributed by atoms with E-state index in [1.54, 1.807) is 46.2 Å². The van der Waals surface area contributed by atoms with E-state index in [-0.39, 0.29) is 35.7 Å². The third kappa shape index (κ3) is 6.25. The van der Waals surface area contributed by atoms with Gasteiger partial charge in [-0.15, -0.1) is 0 Å². The molecule has 1 atom stereocenters. The van der Waals surface area contributed by atoms with Crippen molar-refractivity contribution in [2.75, 3.05) is 36.1 Å². The van der Waals surface area contributed by atoms with Crippen molar-refractivity contribution < 1.29 is 31.1 Å². The predicted octanol–water partition coefficient (Wildman–Crippen LogP) is 5.80. The van der Waals surface area contributed by atoms with Crippen LogP contribution in [-0.2, 0) is 6.18 Å². The molecule has 0 saturated carbocycles. The van der Waals surface area contributed by atoms with Crippen LogP contribution in [0.5, 0.6) is 0 Å². The number of aromatic nitrogens is 2. The molecule has 1 fully saturated rings. The lowest BCUT2D eigenvalue weighted by Gasteiger charge is -2.26. The fourth-order valence-electron chi connectivity index (χ4n) is 4.65. The van der Waals surface area contributed by atoms with Crippen molar-refractivity contribution in [2.45, 2.75) is 24.8 Å².